The zero-order valence-corrected chi connectivity index (χ0v) is 15.7. The molecule has 1 aromatic carbocycles. The van der Waals surface area contributed by atoms with E-state index in [1.54, 1.807) is 29.5 Å². The first kappa shape index (κ1) is 18.2. The molecule has 0 radical (unpaired) electrons. The van der Waals surface area contributed by atoms with Crippen molar-refractivity contribution in [3.63, 3.8) is 0 Å². The maximum Gasteiger partial charge on any atom is 0.261 e. The van der Waals surface area contributed by atoms with E-state index in [4.69, 9.17) is 0 Å². The van der Waals surface area contributed by atoms with E-state index in [1.807, 2.05) is 17.3 Å². The van der Waals surface area contributed by atoms with Crippen LogP contribution in [0.15, 0.2) is 23.6 Å². The van der Waals surface area contributed by atoms with E-state index in [-0.39, 0.29) is 24.3 Å². The van der Waals surface area contributed by atoms with Crippen LogP contribution >= 0.6 is 11.3 Å². The van der Waals surface area contributed by atoms with Gasteiger partial charge < -0.3 is 5.32 Å². The molecule has 2 aromatic rings. The molecule has 7 nitrogen and oxygen atoms in total. The van der Waals surface area contributed by atoms with Crippen LogP contribution in [-0.4, -0.2) is 53.1 Å². The Bertz CT molecular complexity index is 877. The summed E-state index contributed by atoms with van der Waals surface area (Å²) >= 11 is 1.62. The van der Waals surface area contributed by atoms with Crippen molar-refractivity contribution in [3.05, 3.63) is 45.4 Å². The molecule has 0 fully saturated rings. The number of fused-ring (bicyclic) bond motifs is 1. The van der Waals surface area contributed by atoms with Gasteiger partial charge in [0.2, 0.25) is 5.91 Å². The second-order valence-corrected chi connectivity index (χ2v) is 7.18. The number of hydrogen-bond acceptors (Lipinski definition) is 6. The zero-order valence-electron chi connectivity index (χ0n) is 14.9. The van der Waals surface area contributed by atoms with E-state index in [0.29, 0.717) is 23.4 Å². The second-order valence-electron chi connectivity index (χ2n) is 6.24. The molecule has 0 spiro atoms. The maximum absolute atomic E-state index is 12.3. The predicted octanol–water partition coefficient (Wildman–Crippen LogP) is 2.00. The quantitative estimate of drug-likeness (QED) is 0.785. The molecule has 8 heteroatoms. The molecule has 136 valence electrons. The molecular formula is C18H20N4O3S. The standard InChI is InChI=1S/C18H20N4O3S/c1-4-16-20-12(10-26-16)8-21(2)9-15(23)19-11-5-6-13-14(7-11)18(25)22(3)17(13)24/h5-7,10H,4,8-9H2,1-3H3,(H,19,23). The second kappa shape index (κ2) is 7.35. The third-order valence-corrected chi connectivity index (χ3v) is 5.16. The molecular weight excluding hydrogens is 352 g/mol. The highest BCUT2D eigenvalue weighted by atomic mass is 32.1. The molecule has 1 N–H and O–H groups in total. The SMILES string of the molecule is CCc1nc(CN(C)CC(=O)Nc2ccc3c(c2)C(=O)N(C)C3=O)cs1. The van der Waals surface area contributed by atoms with Crippen LogP contribution in [0, 0.1) is 0 Å². The number of likely N-dealkylation sites (N-methyl/N-ethyl adjacent to an activating group) is 1. The Balaban J connectivity index is 1.60. The Labute approximate surface area is 155 Å². The number of carbonyl (C=O) groups excluding carboxylic acids is 3. The average Bonchev–Trinajstić information content (AvgIpc) is 3.14. The van der Waals surface area contributed by atoms with Crippen molar-refractivity contribution in [2.45, 2.75) is 19.9 Å². The van der Waals surface area contributed by atoms with Gasteiger partial charge in [0, 0.05) is 24.7 Å². The number of amides is 3. The predicted molar refractivity (Wildman–Crippen MR) is 99.3 cm³/mol. The number of nitrogens with one attached hydrogen (secondary N) is 1. The maximum atomic E-state index is 12.3. The first-order valence-corrected chi connectivity index (χ1v) is 9.15. The van der Waals surface area contributed by atoms with E-state index < -0.39 is 0 Å². The Kier molecular flexibility index (Phi) is 5.15. The third kappa shape index (κ3) is 3.66. The number of rotatable bonds is 6. The van der Waals surface area contributed by atoms with Gasteiger partial charge in [-0.2, -0.15) is 0 Å². The number of nitrogens with zero attached hydrogens (tertiary/aromatic N) is 3. The summed E-state index contributed by atoms with van der Waals surface area (Å²) in [5.74, 6) is -0.866. The van der Waals surface area contributed by atoms with Crippen molar-refractivity contribution in [1.29, 1.82) is 0 Å². The normalized spacial score (nSPS) is 13.5. The number of thiazole rings is 1. The van der Waals surface area contributed by atoms with Gasteiger partial charge in [-0.1, -0.05) is 6.92 Å². The smallest absolute Gasteiger partial charge is 0.261 e. The van der Waals surface area contributed by atoms with Crippen LogP contribution in [0.25, 0.3) is 0 Å². The Morgan fingerprint density at radius 1 is 1.27 bits per heavy atom. The van der Waals surface area contributed by atoms with Gasteiger partial charge in [0.05, 0.1) is 28.4 Å². The van der Waals surface area contributed by atoms with Crippen molar-refractivity contribution in [2.75, 3.05) is 26.0 Å². The number of aromatic nitrogens is 1. The van der Waals surface area contributed by atoms with Crippen molar-refractivity contribution >= 4 is 34.7 Å². The minimum absolute atomic E-state index is 0.191. The number of imide groups is 1. The first-order valence-electron chi connectivity index (χ1n) is 8.27. The molecule has 0 bridgehead atoms. The number of hydrogen-bond donors (Lipinski definition) is 1. The third-order valence-electron chi connectivity index (χ3n) is 4.12. The topological polar surface area (TPSA) is 82.6 Å². The van der Waals surface area contributed by atoms with Gasteiger partial charge in [-0.05, 0) is 31.7 Å². The summed E-state index contributed by atoms with van der Waals surface area (Å²) in [6.45, 7) is 2.85. The first-order chi connectivity index (χ1) is 12.4. The highest BCUT2D eigenvalue weighted by Gasteiger charge is 2.32. The van der Waals surface area contributed by atoms with Crippen LogP contribution in [0.4, 0.5) is 5.69 Å². The van der Waals surface area contributed by atoms with Gasteiger partial charge in [0.1, 0.15) is 0 Å². The molecule has 1 aliphatic rings. The van der Waals surface area contributed by atoms with Gasteiger partial charge >= 0.3 is 0 Å². The summed E-state index contributed by atoms with van der Waals surface area (Å²) in [4.78, 5) is 43.6. The molecule has 1 aromatic heterocycles. The van der Waals surface area contributed by atoms with Crippen LogP contribution < -0.4 is 5.32 Å². The minimum Gasteiger partial charge on any atom is -0.325 e. The summed E-state index contributed by atoms with van der Waals surface area (Å²) < 4.78 is 0. The lowest BCUT2D eigenvalue weighted by molar-refractivity contribution is -0.117. The van der Waals surface area contributed by atoms with Crippen molar-refractivity contribution in [2.24, 2.45) is 0 Å². The average molecular weight is 372 g/mol. The minimum atomic E-state index is -0.353. The Morgan fingerprint density at radius 2 is 2.00 bits per heavy atom. The van der Waals surface area contributed by atoms with Crippen LogP contribution in [-0.2, 0) is 17.8 Å². The van der Waals surface area contributed by atoms with Crippen molar-refractivity contribution < 1.29 is 14.4 Å². The van der Waals surface area contributed by atoms with Crippen molar-refractivity contribution in [3.8, 4) is 0 Å². The van der Waals surface area contributed by atoms with Gasteiger partial charge in [-0.25, -0.2) is 4.98 Å². The van der Waals surface area contributed by atoms with Gasteiger partial charge in [-0.3, -0.25) is 24.2 Å². The number of carbonyl (C=O) groups is 3. The molecule has 0 saturated carbocycles. The fourth-order valence-electron chi connectivity index (χ4n) is 2.80. The van der Waals surface area contributed by atoms with Crippen LogP contribution in [0.3, 0.4) is 0 Å². The summed E-state index contributed by atoms with van der Waals surface area (Å²) in [5.41, 5.74) is 2.13. The van der Waals surface area contributed by atoms with Crippen molar-refractivity contribution in [1.82, 2.24) is 14.8 Å². The van der Waals surface area contributed by atoms with Gasteiger partial charge in [-0.15, -0.1) is 11.3 Å². The summed E-state index contributed by atoms with van der Waals surface area (Å²) in [7, 11) is 3.30. The molecule has 0 unspecified atom stereocenters. The number of anilines is 1. The van der Waals surface area contributed by atoms with E-state index in [1.165, 1.54) is 7.05 Å². The van der Waals surface area contributed by atoms with E-state index in [2.05, 4.69) is 17.2 Å². The fraction of sp³-hybridized carbons (Fsp3) is 0.333. The van der Waals surface area contributed by atoms with E-state index >= 15 is 0 Å². The van der Waals surface area contributed by atoms with Crippen LogP contribution in [0.1, 0.15) is 38.3 Å². The Hall–Kier alpha value is -2.58. The summed E-state index contributed by atoms with van der Waals surface area (Å²) in [6, 6.07) is 4.75. The lowest BCUT2D eigenvalue weighted by atomic mass is 10.1. The van der Waals surface area contributed by atoms with Crippen LogP contribution in [0.5, 0.6) is 0 Å². The highest BCUT2D eigenvalue weighted by Crippen LogP contribution is 2.24. The number of aryl methyl sites for hydroxylation is 1. The molecule has 3 amide bonds. The molecule has 2 heterocycles. The molecule has 3 rings (SSSR count). The number of benzene rings is 1. The van der Waals surface area contributed by atoms with Crippen LogP contribution in [0.2, 0.25) is 0 Å². The lowest BCUT2D eigenvalue weighted by Crippen LogP contribution is -2.30. The molecule has 0 saturated heterocycles. The fourth-order valence-corrected chi connectivity index (χ4v) is 3.54. The monoisotopic (exact) mass is 372 g/mol. The Morgan fingerprint density at radius 3 is 2.69 bits per heavy atom. The summed E-state index contributed by atoms with van der Waals surface area (Å²) in [6.07, 6.45) is 0.906. The molecule has 0 atom stereocenters. The lowest BCUT2D eigenvalue weighted by Gasteiger charge is -2.15. The van der Waals surface area contributed by atoms with Gasteiger partial charge in [0.15, 0.2) is 0 Å². The summed E-state index contributed by atoms with van der Waals surface area (Å²) in [5, 5.41) is 5.86. The highest BCUT2D eigenvalue weighted by molar-refractivity contribution is 7.09. The molecule has 0 aliphatic carbocycles. The van der Waals surface area contributed by atoms with E-state index in [9.17, 15) is 14.4 Å². The molecule has 1 aliphatic heterocycles. The zero-order chi connectivity index (χ0) is 18.8. The van der Waals surface area contributed by atoms with E-state index in [0.717, 1.165) is 22.0 Å². The largest absolute Gasteiger partial charge is 0.325 e. The molecule has 26 heavy (non-hydrogen) atoms. The van der Waals surface area contributed by atoms with Gasteiger partial charge in [0.25, 0.3) is 11.8 Å².